The number of benzene rings is 2. The summed E-state index contributed by atoms with van der Waals surface area (Å²) in [4.78, 5) is 0. The molecule has 3 heteroatoms. The molecule has 92 valence electrons. The topological polar surface area (TPSA) is 38.0 Å². The molecule has 1 aliphatic rings. The summed E-state index contributed by atoms with van der Waals surface area (Å²) in [6.07, 6.45) is 3.55. The highest BCUT2D eigenvalue weighted by molar-refractivity contribution is 5.72. The maximum atomic E-state index is 13.0. The van der Waals surface area contributed by atoms with Gasteiger partial charge in [0.25, 0.3) is 0 Å². The van der Waals surface area contributed by atoms with E-state index in [1.54, 1.807) is 6.07 Å². The Labute approximate surface area is 106 Å². The van der Waals surface area contributed by atoms with Crippen molar-refractivity contribution in [3.63, 3.8) is 0 Å². The Morgan fingerprint density at radius 1 is 1.00 bits per heavy atom. The molecule has 0 fully saturated rings. The van der Waals surface area contributed by atoms with Crippen molar-refractivity contribution in [3.05, 3.63) is 53.3 Å². The van der Waals surface area contributed by atoms with Gasteiger partial charge in [0.05, 0.1) is 11.4 Å². The summed E-state index contributed by atoms with van der Waals surface area (Å²) < 4.78 is 13.0. The zero-order chi connectivity index (χ0) is 12.5. The van der Waals surface area contributed by atoms with E-state index in [9.17, 15) is 4.39 Å². The van der Waals surface area contributed by atoms with Crippen molar-refractivity contribution in [3.8, 4) is 0 Å². The Bertz CT molecular complexity index is 593. The van der Waals surface area contributed by atoms with Gasteiger partial charge >= 0.3 is 0 Å². The molecule has 0 atom stereocenters. The Morgan fingerprint density at radius 2 is 1.83 bits per heavy atom. The molecular weight excluding hydrogens is 227 g/mol. The fraction of sp³-hybridized carbons (Fsp3) is 0.200. The Kier molecular flexibility index (Phi) is 2.67. The van der Waals surface area contributed by atoms with Crippen molar-refractivity contribution in [2.24, 2.45) is 0 Å². The molecular formula is C15H15FN2. The second kappa shape index (κ2) is 4.33. The summed E-state index contributed by atoms with van der Waals surface area (Å²) in [7, 11) is 0. The average Bonchev–Trinajstić information content (AvgIpc) is 2.80. The highest BCUT2D eigenvalue weighted by atomic mass is 19.1. The second-order valence-corrected chi connectivity index (χ2v) is 4.69. The lowest BCUT2D eigenvalue weighted by molar-refractivity contribution is 0.628. The molecule has 2 aromatic rings. The Hall–Kier alpha value is -2.03. The van der Waals surface area contributed by atoms with Crippen LogP contribution in [0, 0.1) is 5.82 Å². The highest BCUT2D eigenvalue weighted by Crippen LogP contribution is 2.28. The predicted octanol–water partition coefficient (Wildman–Crippen LogP) is 3.64. The number of anilines is 3. The summed E-state index contributed by atoms with van der Waals surface area (Å²) in [6, 6.07) is 10.8. The SMILES string of the molecule is Nc1cc(F)ccc1Nc1ccc2c(c1)CCC2. The minimum atomic E-state index is -0.313. The van der Waals surface area contributed by atoms with Crippen LogP contribution in [0.3, 0.4) is 0 Å². The third-order valence-corrected chi connectivity index (χ3v) is 3.39. The zero-order valence-corrected chi connectivity index (χ0v) is 10.0. The maximum Gasteiger partial charge on any atom is 0.125 e. The molecule has 18 heavy (non-hydrogen) atoms. The van der Waals surface area contributed by atoms with Crippen molar-refractivity contribution in [2.45, 2.75) is 19.3 Å². The van der Waals surface area contributed by atoms with Crippen molar-refractivity contribution in [1.82, 2.24) is 0 Å². The van der Waals surface area contributed by atoms with E-state index in [1.807, 2.05) is 6.07 Å². The summed E-state index contributed by atoms with van der Waals surface area (Å²) in [6.45, 7) is 0. The minimum absolute atomic E-state index is 0.313. The van der Waals surface area contributed by atoms with Gasteiger partial charge in [-0.25, -0.2) is 4.39 Å². The number of hydrogen-bond donors (Lipinski definition) is 2. The van der Waals surface area contributed by atoms with Gasteiger partial charge in [0.1, 0.15) is 5.82 Å². The zero-order valence-electron chi connectivity index (χ0n) is 10.0. The van der Waals surface area contributed by atoms with E-state index in [1.165, 1.54) is 36.1 Å². The Balaban J connectivity index is 1.88. The van der Waals surface area contributed by atoms with Gasteiger partial charge in [0.15, 0.2) is 0 Å². The fourth-order valence-electron chi connectivity index (χ4n) is 2.45. The van der Waals surface area contributed by atoms with Crippen LogP contribution in [0.15, 0.2) is 36.4 Å². The lowest BCUT2D eigenvalue weighted by Crippen LogP contribution is -1.97. The molecule has 0 aromatic heterocycles. The molecule has 0 saturated heterocycles. The predicted molar refractivity (Wildman–Crippen MR) is 72.6 cm³/mol. The first-order chi connectivity index (χ1) is 8.72. The molecule has 0 heterocycles. The molecule has 1 aliphatic carbocycles. The Morgan fingerprint density at radius 3 is 2.67 bits per heavy atom. The quantitative estimate of drug-likeness (QED) is 0.789. The van der Waals surface area contributed by atoms with E-state index in [-0.39, 0.29) is 5.82 Å². The molecule has 0 unspecified atom stereocenters. The molecule has 0 spiro atoms. The third-order valence-electron chi connectivity index (χ3n) is 3.39. The van der Waals surface area contributed by atoms with Crippen LogP contribution in [-0.2, 0) is 12.8 Å². The third kappa shape index (κ3) is 2.04. The van der Waals surface area contributed by atoms with Crippen LogP contribution in [0.25, 0.3) is 0 Å². The first-order valence-corrected chi connectivity index (χ1v) is 6.16. The monoisotopic (exact) mass is 242 g/mol. The largest absolute Gasteiger partial charge is 0.397 e. The summed E-state index contributed by atoms with van der Waals surface area (Å²) >= 11 is 0. The summed E-state index contributed by atoms with van der Waals surface area (Å²) in [5, 5.41) is 3.24. The highest BCUT2D eigenvalue weighted by Gasteiger charge is 2.11. The van der Waals surface area contributed by atoms with Crippen molar-refractivity contribution >= 4 is 17.1 Å². The van der Waals surface area contributed by atoms with Gasteiger partial charge in [-0.05, 0) is 60.7 Å². The van der Waals surface area contributed by atoms with Gasteiger partial charge < -0.3 is 11.1 Å². The lowest BCUT2D eigenvalue weighted by Gasteiger charge is -2.10. The number of nitrogen functional groups attached to an aromatic ring is 1. The minimum Gasteiger partial charge on any atom is -0.397 e. The number of halogens is 1. The lowest BCUT2D eigenvalue weighted by atomic mass is 10.1. The van der Waals surface area contributed by atoms with Gasteiger partial charge in [-0.3, -0.25) is 0 Å². The molecule has 0 bridgehead atoms. The first kappa shape index (κ1) is 11.1. The molecule has 0 saturated carbocycles. The average molecular weight is 242 g/mol. The van der Waals surface area contributed by atoms with Crippen molar-refractivity contribution in [1.29, 1.82) is 0 Å². The molecule has 2 nitrogen and oxygen atoms in total. The van der Waals surface area contributed by atoms with Crippen LogP contribution in [0.2, 0.25) is 0 Å². The van der Waals surface area contributed by atoms with Crippen LogP contribution in [0.1, 0.15) is 17.5 Å². The van der Waals surface area contributed by atoms with E-state index in [2.05, 4.69) is 17.4 Å². The van der Waals surface area contributed by atoms with Crippen LogP contribution < -0.4 is 11.1 Å². The van der Waals surface area contributed by atoms with Crippen LogP contribution in [0.4, 0.5) is 21.5 Å². The maximum absolute atomic E-state index is 13.0. The van der Waals surface area contributed by atoms with E-state index in [0.717, 1.165) is 17.8 Å². The van der Waals surface area contributed by atoms with Gasteiger partial charge in [-0.15, -0.1) is 0 Å². The van der Waals surface area contributed by atoms with Crippen molar-refractivity contribution in [2.75, 3.05) is 11.1 Å². The van der Waals surface area contributed by atoms with Crippen molar-refractivity contribution < 1.29 is 4.39 Å². The first-order valence-electron chi connectivity index (χ1n) is 6.16. The molecule has 3 N–H and O–H groups in total. The smallest absolute Gasteiger partial charge is 0.125 e. The molecule has 0 aliphatic heterocycles. The molecule has 3 rings (SSSR count). The summed E-state index contributed by atoms with van der Waals surface area (Å²) in [5.74, 6) is -0.313. The number of nitrogens with one attached hydrogen (secondary N) is 1. The fourth-order valence-corrected chi connectivity index (χ4v) is 2.45. The van der Waals surface area contributed by atoms with Gasteiger partial charge in [-0.1, -0.05) is 6.07 Å². The van der Waals surface area contributed by atoms with Crippen LogP contribution in [0.5, 0.6) is 0 Å². The van der Waals surface area contributed by atoms with Gasteiger partial charge in [0, 0.05) is 5.69 Å². The molecule has 2 aromatic carbocycles. The van der Waals surface area contributed by atoms with Gasteiger partial charge in [0.2, 0.25) is 0 Å². The molecule has 0 radical (unpaired) electrons. The number of aryl methyl sites for hydroxylation is 2. The number of rotatable bonds is 2. The summed E-state index contributed by atoms with van der Waals surface area (Å²) in [5.41, 5.74) is 10.8. The van der Waals surface area contributed by atoms with Crippen LogP contribution in [-0.4, -0.2) is 0 Å². The molecule has 0 amide bonds. The normalized spacial score (nSPS) is 13.4. The van der Waals surface area contributed by atoms with E-state index < -0.39 is 0 Å². The van der Waals surface area contributed by atoms with E-state index in [0.29, 0.717) is 5.69 Å². The van der Waals surface area contributed by atoms with Crippen LogP contribution >= 0.6 is 0 Å². The van der Waals surface area contributed by atoms with E-state index in [4.69, 9.17) is 5.73 Å². The number of nitrogens with two attached hydrogens (primary N) is 1. The van der Waals surface area contributed by atoms with Gasteiger partial charge in [-0.2, -0.15) is 0 Å². The second-order valence-electron chi connectivity index (χ2n) is 4.69. The number of fused-ring (bicyclic) bond motifs is 1. The van der Waals surface area contributed by atoms with E-state index >= 15 is 0 Å². The standard InChI is InChI=1S/C15H15FN2/c16-12-5-7-15(14(17)9-12)18-13-6-4-10-2-1-3-11(10)8-13/h4-9,18H,1-3,17H2. The number of hydrogen-bond acceptors (Lipinski definition) is 2.